The van der Waals surface area contributed by atoms with Crippen LogP contribution in [0, 0.1) is 29.0 Å². The molecule has 1 saturated heterocycles. The van der Waals surface area contributed by atoms with Crippen molar-refractivity contribution in [1.82, 2.24) is 4.40 Å². The molecule has 1 aromatic carbocycles. The highest BCUT2D eigenvalue weighted by atomic mass is 32.1. The summed E-state index contributed by atoms with van der Waals surface area (Å²) in [4.78, 5) is 32.2. The lowest BCUT2D eigenvalue weighted by molar-refractivity contribution is -0.0266. The molecular formula is C25H25FN4O3S. The number of benzene rings is 1. The summed E-state index contributed by atoms with van der Waals surface area (Å²) in [7, 11) is 1.66. The number of anilines is 1. The van der Waals surface area contributed by atoms with Gasteiger partial charge in [-0.1, -0.05) is 0 Å². The Morgan fingerprint density at radius 3 is 2.79 bits per heavy atom. The molecule has 4 heterocycles. The number of nitrogens with two attached hydrogens (primary N) is 1. The van der Waals surface area contributed by atoms with Crippen LogP contribution in [0.4, 0.5) is 10.1 Å². The maximum Gasteiger partial charge on any atom is 0.342 e. The van der Waals surface area contributed by atoms with Crippen molar-refractivity contribution in [2.75, 3.05) is 31.6 Å². The summed E-state index contributed by atoms with van der Waals surface area (Å²) in [6.45, 7) is 2.21. The number of hydrogen-bond donors (Lipinski definition) is 2. The Morgan fingerprint density at radius 2 is 2.12 bits per heavy atom. The third kappa shape index (κ3) is 2.27. The number of rotatable bonds is 3. The summed E-state index contributed by atoms with van der Waals surface area (Å²) in [6, 6.07) is 1.24. The smallest absolute Gasteiger partial charge is 0.342 e. The zero-order valence-electron chi connectivity index (χ0n) is 18.8. The normalized spacial score (nSPS) is 29.3. The van der Waals surface area contributed by atoms with Crippen molar-refractivity contribution in [2.45, 2.75) is 25.7 Å². The number of carbonyl (C=O) groups is 1. The number of thiazole rings is 1. The lowest BCUT2D eigenvalue weighted by Gasteiger charge is -2.53. The third-order valence-corrected chi connectivity index (χ3v) is 10.2. The summed E-state index contributed by atoms with van der Waals surface area (Å²) in [6.07, 6.45) is 4.71. The maximum atomic E-state index is 15.9. The van der Waals surface area contributed by atoms with Crippen LogP contribution in [-0.4, -0.2) is 42.2 Å². The second kappa shape index (κ2) is 6.66. The summed E-state index contributed by atoms with van der Waals surface area (Å²) in [5.41, 5.74) is 7.28. The van der Waals surface area contributed by atoms with Crippen LogP contribution in [0.1, 0.15) is 36.0 Å². The molecule has 3 aliphatic carbocycles. The molecule has 3 aromatic heterocycles. The predicted molar refractivity (Wildman–Crippen MR) is 130 cm³/mol. The van der Waals surface area contributed by atoms with Crippen molar-refractivity contribution in [3.05, 3.63) is 38.4 Å². The van der Waals surface area contributed by atoms with E-state index in [1.54, 1.807) is 11.4 Å². The van der Waals surface area contributed by atoms with Gasteiger partial charge in [-0.25, -0.2) is 9.18 Å². The molecule has 0 radical (unpaired) electrons. The lowest BCUT2D eigenvalue weighted by atomic mass is 9.51. The molecule has 9 heteroatoms. The Labute approximate surface area is 198 Å². The van der Waals surface area contributed by atoms with E-state index < -0.39 is 17.2 Å². The van der Waals surface area contributed by atoms with Gasteiger partial charge in [-0.15, -0.1) is 11.3 Å². The summed E-state index contributed by atoms with van der Waals surface area (Å²) in [5.74, 6) is -0.178. The molecule has 0 amide bonds. The number of carboxylic acids is 1. The molecule has 8 rings (SSSR count). The first-order valence-electron chi connectivity index (χ1n) is 11.9. The zero-order chi connectivity index (χ0) is 23.5. The highest BCUT2D eigenvalue weighted by Crippen LogP contribution is 2.59. The van der Waals surface area contributed by atoms with Crippen molar-refractivity contribution in [3.63, 3.8) is 0 Å². The number of fused-ring (bicyclic) bond motifs is 2. The number of hydrogen-bond acceptors (Lipinski definition) is 6. The number of pyridine rings is 1. The fraction of sp³-hybridized carbons (Fsp3) is 0.480. The van der Waals surface area contributed by atoms with Gasteiger partial charge in [0.1, 0.15) is 16.2 Å². The quantitative estimate of drug-likeness (QED) is 0.469. The molecule has 2 unspecified atom stereocenters. The van der Waals surface area contributed by atoms with E-state index in [1.807, 2.05) is 5.38 Å². The van der Waals surface area contributed by atoms with E-state index >= 15 is 4.39 Å². The zero-order valence-corrected chi connectivity index (χ0v) is 19.6. The van der Waals surface area contributed by atoms with E-state index in [0.717, 1.165) is 25.9 Å². The Balaban J connectivity index is 1.52. The van der Waals surface area contributed by atoms with E-state index in [-0.39, 0.29) is 16.4 Å². The van der Waals surface area contributed by atoms with E-state index in [4.69, 9.17) is 5.73 Å². The molecule has 2 bridgehead atoms. The Hall–Kier alpha value is -2.78. The fourth-order valence-electron chi connectivity index (χ4n) is 7.73. The average Bonchev–Trinajstić information content (AvgIpc) is 3.53. The minimum Gasteiger partial charge on any atom is -0.477 e. The van der Waals surface area contributed by atoms with Crippen LogP contribution >= 0.6 is 11.3 Å². The number of carboxylic acid groups (broad SMARTS) is 1. The van der Waals surface area contributed by atoms with Crippen molar-refractivity contribution in [3.8, 4) is 0 Å². The molecular weight excluding hydrogens is 455 g/mol. The van der Waals surface area contributed by atoms with Crippen molar-refractivity contribution < 1.29 is 14.3 Å². The SMILES string of the molecule is CN=c1c2c(N3CC4C5CCC(CN)(CC5)C4C3)c(F)cc3c(=O)c(C(=O)O)c4scc1n4c32. The molecule has 4 aromatic rings. The fourth-order valence-corrected chi connectivity index (χ4v) is 8.76. The minimum atomic E-state index is -1.30. The number of aromatic carboxylic acids is 1. The van der Waals surface area contributed by atoms with Crippen LogP contribution in [0.2, 0.25) is 0 Å². The van der Waals surface area contributed by atoms with Crippen molar-refractivity contribution in [2.24, 2.45) is 33.9 Å². The van der Waals surface area contributed by atoms with Gasteiger partial charge in [0.2, 0.25) is 5.43 Å². The molecule has 176 valence electrons. The van der Waals surface area contributed by atoms with E-state index in [1.165, 1.54) is 30.2 Å². The molecule has 3 saturated carbocycles. The highest BCUT2D eigenvalue weighted by molar-refractivity contribution is 7.16. The molecule has 0 spiro atoms. The monoisotopic (exact) mass is 480 g/mol. The van der Waals surface area contributed by atoms with Crippen LogP contribution in [0.25, 0.3) is 26.6 Å². The number of aromatic nitrogens is 1. The third-order valence-electron chi connectivity index (χ3n) is 9.28. The molecule has 1 aliphatic heterocycles. The molecule has 7 nitrogen and oxygen atoms in total. The van der Waals surface area contributed by atoms with Gasteiger partial charge in [-0.2, -0.15) is 0 Å². The second-order valence-electron chi connectivity index (χ2n) is 10.4. The summed E-state index contributed by atoms with van der Waals surface area (Å²) < 4.78 is 17.7. The van der Waals surface area contributed by atoms with Crippen molar-refractivity contribution in [1.29, 1.82) is 0 Å². The summed E-state index contributed by atoms with van der Waals surface area (Å²) >= 11 is 1.21. The van der Waals surface area contributed by atoms with Crippen LogP contribution in [-0.2, 0) is 0 Å². The van der Waals surface area contributed by atoms with E-state index in [2.05, 4.69) is 9.89 Å². The molecule has 4 aliphatic rings. The van der Waals surface area contributed by atoms with Gasteiger partial charge in [0.25, 0.3) is 0 Å². The summed E-state index contributed by atoms with van der Waals surface area (Å²) in [5, 5.41) is 12.9. The number of halogens is 1. The van der Waals surface area contributed by atoms with E-state index in [9.17, 15) is 14.7 Å². The first-order valence-corrected chi connectivity index (χ1v) is 12.8. The number of nitrogens with zero attached hydrogens (tertiary/aromatic N) is 3. The Kier molecular flexibility index (Phi) is 4.03. The van der Waals surface area contributed by atoms with Crippen LogP contribution < -0.4 is 21.4 Å². The standard InChI is InChI=1S/C25H25FN4O3S/c1-28-19-16-9-34-23-18(24(32)33)22(31)12-6-15(26)21(17(19)20(12)30(16)23)29-7-13-11-2-4-25(10-27,5-3-11)14(13)8-29/h6,9,11,13-14H,2-5,7-8,10,27H2,1H3,(H,32,33). The minimum absolute atomic E-state index is 0.0968. The van der Waals surface area contributed by atoms with Gasteiger partial charge in [0, 0.05) is 25.5 Å². The van der Waals surface area contributed by atoms with Crippen molar-refractivity contribution >= 4 is 49.6 Å². The van der Waals surface area contributed by atoms with Crippen LogP contribution in [0.15, 0.2) is 21.2 Å². The average molecular weight is 481 g/mol. The molecule has 3 N–H and O–H groups in total. The second-order valence-corrected chi connectivity index (χ2v) is 11.3. The first-order chi connectivity index (χ1) is 16.4. The molecule has 2 atom stereocenters. The Bertz CT molecular complexity index is 1620. The van der Waals surface area contributed by atoms with Gasteiger partial charge in [-0.05, 0) is 61.5 Å². The van der Waals surface area contributed by atoms with Gasteiger partial charge in [-0.3, -0.25) is 14.2 Å². The van der Waals surface area contributed by atoms with Gasteiger partial charge in [0.05, 0.1) is 32.9 Å². The predicted octanol–water partition coefficient (Wildman–Crippen LogP) is 3.11. The Morgan fingerprint density at radius 1 is 1.35 bits per heavy atom. The molecule has 34 heavy (non-hydrogen) atoms. The highest BCUT2D eigenvalue weighted by Gasteiger charge is 2.56. The van der Waals surface area contributed by atoms with Crippen LogP contribution in [0.3, 0.4) is 0 Å². The van der Waals surface area contributed by atoms with Crippen LogP contribution in [0.5, 0.6) is 0 Å². The van der Waals surface area contributed by atoms with Gasteiger partial charge < -0.3 is 15.7 Å². The lowest BCUT2D eigenvalue weighted by Crippen LogP contribution is -2.51. The van der Waals surface area contributed by atoms with Gasteiger partial charge in [0.15, 0.2) is 0 Å². The largest absolute Gasteiger partial charge is 0.477 e. The maximum absolute atomic E-state index is 15.9. The first kappa shape index (κ1) is 20.6. The van der Waals surface area contributed by atoms with Gasteiger partial charge >= 0.3 is 5.97 Å². The van der Waals surface area contributed by atoms with E-state index in [0.29, 0.717) is 56.6 Å². The molecule has 4 fully saturated rings. The topological polar surface area (TPSA) is 100 Å².